The summed E-state index contributed by atoms with van der Waals surface area (Å²) in [5, 5.41) is 6.56. The van der Waals surface area contributed by atoms with Crippen molar-refractivity contribution < 1.29 is 8.42 Å². The van der Waals surface area contributed by atoms with Gasteiger partial charge in [0.2, 0.25) is 0 Å². The van der Waals surface area contributed by atoms with E-state index in [2.05, 4.69) is 20.6 Å². The molecule has 0 fully saturated rings. The van der Waals surface area contributed by atoms with E-state index in [0.29, 0.717) is 18.0 Å². The number of nitrogens with zero attached hydrogens (tertiary/aromatic N) is 3. The maximum Gasteiger partial charge on any atom is 0.191 e. The van der Waals surface area contributed by atoms with Crippen LogP contribution in [-0.2, 0) is 22.8 Å². The van der Waals surface area contributed by atoms with Gasteiger partial charge in [0.1, 0.15) is 5.82 Å². The third-order valence-electron chi connectivity index (χ3n) is 4.10. The third kappa shape index (κ3) is 8.17. The van der Waals surface area contributed by atoms with Gasteiger partial charge in [0.05, 0.1) is 11.4 Å². The summed E-state index contributed by atoms with van der Waals surface area (Å²) in [5.74, 6) is 1.65. The smallest absolute Gasteiger partial charge is 0.191 e. The number of rotatable bonds is 8. The number of guanidine groups is 1. The van der Waals surface area contributed by atoms with Crippen LogP contribution in [0.5, 0.6) is 0 Å². The number of aliphatic imine (C=N–C) groups is 1. The fourth-order valence-electron chi connectivity index (χ4n) is 2.69. The van der Waals surface area contributed by atoms with Crippen LogP contribution in [0.25, 0.3) is 0 Å². The van der Waals surface area contributed by atoms with E-state index in [1.54, 1.807) is 18.3 Å². The first-order chi connectivity index (χ1) is 13.3. The lowest BCUT2D eigenvalue weighted by molar-refractivity contribution is 0.602. The van der Waals surface area contributed by atoms with Crippen molar-refractivity contribution in [3.05, 3.63) is 53.7 Å². The third-order valence-corrected chi connectivity index (χ3v) is 5.23. The van der Waals surface area contributed by atoms with Crippen molar-refractivity contribution in [2.45, 2.75) is 24.8 Å². The van der Waals surface area contributed by atoms with Crippen LogP contribution in [-0.4, -0.2) is 52.8 Å². The Bertz CT molecular complexity index is 899. The molecule has 2 aromatic rings. The molecule has 0 saturated heterocycles. The summed E-state index contributed by atoms with van der Waals surface area (Å²) in [7, 11) is 0.775. The molecule has 9 heteroatoms. The predicted molar refractivity (Wildman–Crippen MR) is 130 cm³/mol. The van der Waals surface area contributed by atoms with Gasteiger partial charge in [-0.2, -0.15) is 0 Å². The van der Waals surface area contributed by atoms with Gasteiger partial charge in [0.15, 0.2) is 15.8 Å². The highest BCUT2D eigenvalue weighted by Crippen LogP contribution is 2.15. The van der Waals surface area contributed by atoms with Crippen molar-refractivity contribution in [1.82, 2.24) is 15.6 Å². The van der Waals surface area contributed by atoms with Gasteiger partial charge in [-0.3, -0.25) is 0 Å². The minimum Gasteiger partial charge on any atom is -0.362 e. The molecule has 1 aromatic carbocycles. The Morgan fingerprint density at radius 2 is 1.83 bits per heavy atom. The fraction of sp³-hybridized carbons (Fsp3) is 0.400. The van der Waals surface area contributed by atoms with E-state index in [-0.39, 0.29) is 24.0 Å². The van der Waals surface area contributed by atoms with Crippen LogP contribution in [0.1, 0.15) is 18.1 Å². The van der Waals surface area contributed by atoms with E-state index in [0.717, 1.165) is 35.9 Å². The fourth-order valence-corrected chi connectivity index (χ4v) is 3.32. The van der Waals surface area contributed by atoms with Crippen molar-refractivity contribution >= 4 is 45.6 Å². The average molecular weight is 531 g/mol. The molecular weight excluding hydrogens is 501 g/mol. The van der Waals surface area contributed by atoms with E-state index >= 15 is 0 Å². The van der Waals surface area contributed by atoms with Crippen LogP contribution < -0.4 is 15.5 Å². The topological polar surface area (TPSA) is 86.7 Å². The Morgan fingerprint density at radius 1 is 1.14 bits per heavy atom. The lowest BCUT2D eigenvalue weighted by Crippen LogP contribution is -2.38. The first kappa shape index (κ1) is 25.2. The summed E-state index contributed by atoms with van der Waals surface area (Å²) in [4.78, 5) is 11.4. The predicted octanol–water partition coefficient (Wildman–Crippen LogP) is 2.47. The number of hydrogen-bond donors (Lipinski definition) is 2. The lowest BCUT2D eigenvalue weighted by atomic mass is 10.1. The van der Waals surface area contributed by atoms with Crippen molar-refractivity contribution in [3.63, 3.8) is 0 Å². The molecule has 7 nitrogen and oxygen atoms in total. The van der Waals surface area contributed by atoms with E-state index in [4.69, 9.17) is 0 Å². The summed E-state index contributed by atoms with van der Waals surface area (Å²) in [6.07, 6.45) is 3.76. The van der Waals surface area contributed by atoms with Crippen molar-refractivity contribution in [3.8, 4) is 0 Å². The number of anilines is 1. The molecule has 0 atom stereocenters. The Balaban J connectivity index is 0.00000420. The highest BCUT2D eigenvalue weighted by molar-refractivity contribution is 14.0. The Morgan fingerprint density at radius 3 is 2.41 bits per heavy atom. The number of halogens is 1. The van der Waals surface area contributed by atoms with E-state index < -0.39 is 9.84 Å². The molecule has 0 radical (unpaired) electrons. The molecular formula is C20H30IN5O2S. The van der Waals surface area contributed by atoms with Crippen LogP contribution in [0.2, 0.25) is 0 Å². The molecule has 0 saturated carbocycles. The molecule has 2 N–H and O–H groups in total. The van der Waals surface area contributed by atoms with Gasteiger partial charge in [-0.25, -0.2) is 18.4 Å². The molecule has 0 bridgehead atoms. The van der Waals surface area contributed by atoms with Gasteiger partial charge in [0, 0.05) is 45.2 Å². The summed E-state index contributed by atoms with van der Waals surface area (Å²) >= 11 is 0. The second kappa shape index (κ2) is 12.0. The Labute approximate surface area is 191 Å². The molecule has 0 spiro atoms. The lowest BCUT2D eigenvalue weighted by Gasteiger charge is -2.15. The number of aromatic nitrogens is 1. The van der Waals surface area contributed by atoms with Crippen LogP contribution in [0.3, 0.4) is 0 Å². The zero-order chi connectivity index (χ0) is 20.6. The maximum atomic E-state index is 11.5. The van der Waals surface area contributed by atoms with E-state index in [1.807, 2.05) is 50.2 Å². The minimum atomic E-state index is -3.16. The van der Waals surface area contributed by atoms with Crippen LogP contribution in [0.4, 0.5) is 5.82 Å². The zero-order valence-electron chi connectivity index (χ0n) is 17.3. The average Bonchev–Trinajstić information content (AvgIpc) is 2.66. The number of benzene rings is 1. The maximum absolute atomic E-state index is 11.5. The molecule has 29 heavy (non-hydrogen) atoms. The second-order valence-corrected chi connectivity index (χ2v) is 8.68. The zero-order valence-corrected chi connectivity index (χ0v) is 20.5. The molecule has 1 heterocycles. The van der Waals surface area contributed by atoms with Crippen molar-refractivity contribution in [2.24, 2.45) is 4.99 Å². The van der Waals surface area contributed by atoms with Gasteiger partial charge in [-0.15, -0.1) is 24.0 Å². The summed E-state index contributed by atoms with van der Waals surface area (Å²) in [6, 6.07) is 10.9. The molecule has 0 aliphatic rings. The van der Waals surface area contributed by atoms with E-state index in [1.165, 1.54) is 6.26 Å². The van der Waals surface area contributed by atoms with Crippen LogP contribution in [0, 0.1) is 0 Å². The number of nitrogens with one attached hydrogen (secondary N) is 2. The SMILES string of the molecule is CCNC(=NCc1cccnc1N(C)C)NCCc1ccc(S(C)(=O)=O)cc1.I. The first-order valence-corrected chi connectivity index (χ1v) is 11.1. The van der Waals surface area contributed by atoms with Gasteiger partial charge in [-0.05, 0) is 37.1 Å². The Hall–Kier alpha value is -1.88. The quantitative estimate of drug-likeness (QED) is 0.309. The van der Waals surface area contributed by atoms with E-state index in [9.17, 15) is 8.42 Å². The molecule has 2 rings (SSSR count). The number of pyridine rings is 1. The largest absolute Gasteiger partial charge is 0.362 e. The van der Waals surface area contributed by atoms with Crippen molar-refractivity contribution in [2.75, 3.05) is 38.3 Å². The van der Waals surface area contributed by atoms with Gasteiger partial charge >= 0.3 is 0 Å². The summed E-state index contributed by atoms with van der Waals surface area (Å²) < 4.78 is 23.1. The van der Waals surface area contributed by atoms with Crippen LogP contribution in [0.15, 0.2) is 52.5 Å². The minimum absolute atomic E-state index is 0. The molecule has 0 amide bonds. The summed E-state index contributed by atoms with van der Waals surface area (Å²) in [6.45, 7) is 4.01. The second-order valence-electron chi connectivity index (χ2n) is 6.67. The number of hydrogen-bond acceptors (Lipinski definition) is 5. The molecule has 0 aliphatic heterocycles. The summed E-state index contributed by atoms with van der Waals surface area (Å²) in [5.41, 5.74) is 2.12. The molecule has 0 aliphatic carbocycles. The highest BCUT2D eigenvalue weighted by atomic mass is 127. The standard InChI is InChI=1S/C20H29N5O2S.HI/c1-5-21-20(24-15-17-7-6-13-22-19(17)25(2)3)23-14-12-16-8-10-18(11-9-16)28(4,26)27;/h6-11,13H,5,12,14-15H2,1-4H3,(H2,21,23,24);1H. The van der Waals surface area contributed by atoms with Gasteiger partial charge < -0.3 is 15.5 Å². The number of sulfone groups is 1. The molecule has 1 aromatic heterocycles. The molecule has 160 valence electrons. The van der Waals surface area contributed by atoms with Gasteiger partial charge in [0.25, 0.3) is 0 Å². The normalized spacial score (nSPS) is 11.5. The monoisotopic (exact) mass is 531 g/mol. The first-order valence-electron chi connectivity index (χ1n) is 9.23. The van der Waals surface area contributed by atoms with Crippen molar-refractivity contribution in [1.29, 1.82) is 0 Å². The Kier molecular flexibility index (Phi) is 10.4. The molecule has 0 unspecified atom stereocenters. The van der Waals surface area contributed by atoms with Gasteiger partial charge in [-0.1, -0.05) is 18.2 Å². The van der Waals surface area contributed by atoms with Crippen LogP contribution >= 0.6 is 24.0 Å². The highest BCUT2D eigenvalue weighted by Gasteiger charge is 2.07.